The molecule has 7 nitrogen and oxygen atoms in total. The van der Waals surface area contributed by atoms with Crippen LogP contribution in [-0.2, 0) is 27.4 Å². The van der Waals surface area contributed by atoms with Crippen LogP contribution in [0.15, 0.2) is 29.3 Å². The quantitative estimate of drug-likeness (QED) is 0.176. The van der Waals surface area contributed by atoms with Crippen molar-refractivity contribution in [3.05, 3.63) is 35.4 Å². The van der Waals surface area contributed by atoms with Gasteiger partial charge < -0.3 is 24.8 Å². The van der Waals surface area contributed by atoms with E-state index in [2.05, 4.69) is 46.7 Å². The average Bonchev–Trinajstić information content (AvgIpc) is 2.76. The van der Waals surface area contributed by atoms with E-state index in [1.54, 1.807) is 0 Å². The molecule has 2 N–H and O–H groups in total. The Morgan fingerprint density at radius 1 is 1.10 bits per heavy atom. The van der Waals surface area contributed by atoms with E-state index in [1.807, 2.05) is 6.92 Å². The lowest BCUT2D eigenvalue weighted by molar-refractivity contribution is 0.0376. The Labute approximate surface area is 199 Å². The Balaban J connectivity index is 0.00000450. The average molecular weight is 534 g/mol. The van der Waals surface area contributed by atoms with Crippen LogP contribution in [0, 0.1) is 0 Å². The summed E-state index contributed by atoms with van der Waals surface area (Å²) in [6.45, 7) is 14.0. The third kappa shape index (κ3) is 12.0. The van der Waals surface area contributed by atoms with E-state index >= 15 is 0 Å². The zero-order valence-electron chi connectivity index (χ0n) is 18.5. The second-order valence-corrected chi connectivity index (χ2v) is 7.00. The SMILES string of the molecule is CCNC(=NCc1cccc(COCCOCC)c1)NCCCN1CCOCC1.I. The van der Waals surface area contributed by atoms with Crippen molar-refractivity contribution < 1.29 is 14.2 Å². The second kappa shape index (κ2) is 17.7. The molecule has 0 spiro atoms. The summed E-state index contributed by atoms with van der Waals surface area (Å²) in [5.41, 5.74) is 2.35. The number of morpholine rings is 1. The number of rotatable bonds is 13. The van der Waals surface area contributed by atoms with Gasteiger partial charge in [-0.1, -0.05) is 24.3 Å². The maximum Gasteiger partial charge on any atom is 0.191 e. The molecule has 0 aliphatic carbocycles. The number of nitrogens with one attached hydrogen (secondary N) is 2. The fourth-order valence-electron chi connectivity index (χ4n) is 3.12. The minimum atomic E-state index is 0. The summed E-state index contributed by atoms with van der Waals surface area (Å²) in [5.74, 6) is 0.868. The van der Waals surface area contributed by atoms with Gasteiger partial charge in [0.1, 0.15) is 0 Å². The fourth-order valence-corrected chi connectivity index (χ4v) is 3.12. The van der Waals surface area contributed by atoms with Crippen molar-refractivity contribution in [1.29, 1.82) is 0 Å². The van der Waals surface area contributed by atoms with E-state index in [0.29, 0.717) is 26.4 Å². The normalized spacial score (nSPS) is 14.9. The summed E-state index contributed by atoms with van der Waals surface area (Å²) in [6.07, 6.45) is 1.10. The zero-order chi connectivity index (χ0) is 20.6. The number of ether oxygens (including phenoxy) is 3. The molecule has 1 aromatic carbocycles. The van der Waals surface area contributed by atoms with Crippen LogP contribution in [0.3, 0.4) is 0 Å². The number of halogens is 1. The monoisotopic (exact) mass is 534 g/mol. The zero-order valence-corrected chi connectivity index (χ0v) is 20.9. The molecular formula is C22H39IN4O3. The van der Waals surface area contributed by atoms with E-state index in [4.69, 9.17) is 19.2 Å². The van der Waals surface area contributed by atoms with Crippen LogP contribution >= 0.6 is 24.0 Å². The minimum absolute atomic E-state index is 0. The van der Waals surface area contributed by atoms with Crippen molar-refractivity contribution in [2.24, 2.45) is 4.99 Å². The number of hydrogen-bond acceptors (Lipinski definition) is 5. The highest BCUT2D eigenvalue weighted by Gasteiger charge is 2.09. The first-order chi connectivity index (χ1) is 14.3. The van der Waals surface area contributed by atoms with Crippen molar-refractivity contribution in [2.75, 3.05) is 65.8 Å². The highest BCUT2D eigenvalue weighted by atomic mass is 127. The van der Waals surface area contributed by atoms with Crippen molar-refractivity contribution in [3.8, 4) is 0 Å². The van der Waals surface area contributed by atoms with Gasteiger partial charge in [-0.05, 0) is 37.9 Å². The largest absolute Gasteiger partial charge is 0.379 e. The molecule has 1 aliphatic heterocycles. The van der Waals surface area contributed by atoms with Crippen molar-refractivity contribution in [2.45, 2.75) is 33.4 Å². The summed E-state index contributed by atoms with van der Waals surface area (Å²) in [5, 5.41) is 6.77. The third-order valence-electron chi connectivity index (χ3n) is 4.65. The first kappa shape index (κ1) is 27.1. The summed E-state index contributed by atoms with van der Waals surface area (Å²) < 4.78 is 16.3. The molecule has 172 valence electrons. The fraction of sp³-hybridized carbons (Fsp3) is 0.682. The van der Waals surface area contributed by atoms with Gasteiger partial charge in [0.15, 0.2) is 5.96 Å². The molecular weight excluding hydrogens is 495 g/mol. The van der Waals surface area contributed by atoms with Gasteiger partial charge >= 0.3 is 0 Å². The highest BCUT2D eigenvalue weighted by molar-refractivity contribution is 14.0. The molecule has 1 fully saturated rings. The molecule has 0 atom stereocenters. The first-order valence-electron chi connectivity index (χ1n) is 10.9. The van der Waals surface area contributed by atoms with Crippen LogP contribution in [0.2, 0.25) is 0 Å². The Bertz CT molecular complexity index is 583. The molecule has 1 aliphatic rings. The summed E-state index contributed by atoms with van der Waals surface area (Å²) in [6, 6.07) is 8.42. The van der Waals surface area contributed by atoms with E-state index in [9.17, 15) is 0 Å². The van der Waals surface area contributed by atoms with E-state index < -0.39 is 0 Å². The van der Waals surface area contributed by atoms with Crippen molar-refractivity contribution in [1.82, 2.24) is 15.5 Å². The Morgan fingerprint density at radius 3 is 2.63 bits per heavy atom. The van der Waals surface area contributed by atoms with Gasteiger partial charge in [0.05, 0.1) is 39.6 Å². The van der Waals surface area contributed by atoms with Crippen LogP contribution in [0.1, 0.15) is 31.4 Å². The highest BCUT2D eigenvalue weighted by Crippen LogP contribution is 2.08. The second-order valence-electron chi connectivity index (χ2n) is 7.00. The Hall–Kier alpha value is -0.940. The van der Waals surface area contributed by atoms with Gasteiger partial charge in [0.25, 0.3) is 0 Å². The predicted molar refractivity (Wildman–Crippen MR) is 133 cm³/mol. The van der Waals surface area contributed by atoms with Crippen molar-refractivity contribution >= 4 is 29.9 Å². The van der Waals surface area contributed by atoms with Gasteiger partial charge in [0, 0.05) is 32.8 Å². The van der Waals surface area contributed by atoms with Gasteiger partial charge in [-0.15, -0.1) is 24.0 Å². The van der Waals surface area contributed by atoms with Gasteiger partial charge in [0.2, 0.25) is 0 Å². The summed E-state index contributed by atoms with van der Waals surface area (Å²) in [7, 11) is 0. The van der Waals surface area contributed by atoms with Crippen LogP contribution < -0.4 is 10.6 Å². The lowest BCUT2D eigenvalue weighted by Gasteiger charge is -2.26. The number of aliphatic imine (C=N–C) groups is 1. The molecule has 1 heterocycles. The topological polar surface area (TPSA) is 67.4 Å². The van der Waals surface area contributed by atoms with Gasteiger partial charge in [-0.3, -0.25) is 4.90 Å². The molecule has 30 heavy (non-hydrogen) atoms. The maximum atomic E-state index is 5.66. The Morgan fingerprint density at radius 2 is 1.87 bits per heavy atom. The van der Waals surface area contributed by atoms with Gasteiger partial charge in [-0.2, -0.15) is 0 Å². The minimum Gasteiger partial charge on any atom is -0.379 e. The standard InChI is InChI=1S/C22H38N4O3.HI/c1-3-23-22(24-9-6-10-26-11-13-28-14-12-26)25-18-20-7-5-8-21(17-20)19-29-16-15-27-4-2;/h5,7-8,17H,3-4,6,9-16,18-19H2,1-2H3,(H2,23,24,25);1H. The van der Waals surface area contributed by atoms with E-state index in [1.165, 1.54) is 5.56 Å². The molecule has 0 unspecified atom stereocenters. The maximum absolute atomic E-state index is 5.66. The molecule has 2 rings (SSSR count). The number of benzene rings is 1. The molecule has 1 aromatic rings. The Kier molecular flexibility index (Phi) is 16.0. The van der Waals surface area contributed by atoms with E-state index in [0.717, 1.165) is 70.5 Å². The van der Waals surface area contributed by atoms with Crippen LogP contribution in [0.25, 0.3) is 0 Å². The first-order valence-corrected chi connectivity index (χ1v) is 10.9. The molecule has 0 saturated carbocycles. The number of nitrogens with zero attached hydrogens (tertiary/aromatic N) is 2. The van der Waals surface area contributed by atoms with Crippen LogP contribution in [-0.4, -0.2) is 76.6 Å². The van der Waals surface area contributed by atoms with Gasteiger partial charge in [-0.25, -0.2) is 4.99 Å². The lowest BCUT2D eigenvalue weighted by Crippen LogP contribution is -2.40. The predicted octanol–water partition coefficient (Wildman–Crippen LogP) is 2.64. The third-order valence-corrected chi connectivity index (χ3v) is 4.65. The molecule has 0 bridgehead atoms. The van der Waals surface area contributed by atoms with Crippen molar-refractivity contribution in [3.63, 3.8) is 0 Å². The van der Waals surface area contributed by atoms with E-state index in [-0.39, 0.29) is 24.0 Å². The summed E-state index contributed by atoms with van der Waals surface area (Å²) in [4.78, 5) is 7.19. The smallest absolute Gasteiger partial charge is 0.191 e. The molecule has 0 aromatic heterocycles. The van der Waals surface area contributed by atoms with Crippen LogP contribution in [0.5, 0.6) is 0 Å². The molecule has 1 saturated heterocycles. The lowest BCUT2D eigenvalue weighted by atomic mass is 10.1. The molecule has 0 radical (unpaired) electrons. The molecule has 0 amide bonds. The number of guanidine groups is 1. The molecule has 8 heteroatoms. The summed E-state index contributed by atoms with van der Waals surface area (Å²) >= 11 is 0. The number of hydrogen-bond donors (Lipinski definition) is 2. The van der Waals surface area contributed by atoms with Crippen LogP contribution in [0.4, 0.5) is 0 Å².